The maximum absolute atomic E-state index is 12.3. The number of aromatic nitrogens is 1. The van der Waals surface area contributed by atoms with Crippen LogP contribution in [0.15, 0.2) is 35.8 Å². The Balaban J connectivity index is 0.00000162. The van der Waals surface area contributed by atoms with Gasteiger partial charge in [-0.05, 0) is 6.92 Å². The van der Waals surface area contributed by atoms with E-state index in [9.17, 15) is 4.79 Å². The molecule has 2 rings (SSSR count). The number of hydrogen-bond donors (Lipinski definition) is 0. The molecule has 1 heterocycles. The number of nitrogens with zero attached hydrogens (tertiary/aromatic N) is 1. The van der Waals surface area contributed by atoms with Crippen molar-refractivity contribution < 1.29 is 26.3 Å². The van der Waals surface area contributed by atoms with Crippen LogP contribution in [0.2, 0.25) is 0 Å². The molecule has 1 aromatic heterocycles. The molecular formula is C14H16BrNOS. The molecule has 0 aliphatic rings. The lowest BCUT2D eigenvalue weighted by Gasteiger charge is -2.05. The van der Waals surface area contributed by atoms with Crippen LogP contribution in [0.25, 0.3) is 0 Å². The Hall–Kier alpha value is -1.00. The molecule has 0 radical (unpaired) electrons. The lowest BCUT2D eigenvalue weighted by molar-refractivity contribution is -0.705. The molecule has 18 heavy (non-hydrogen) atoms. The summed E-state index contributed by atoms with van der Waals surface area (Å²) in [5.74, 6) is 0.163. The average Bonchev–Trinajstić information content (AvgIpc) is 2.69. The predicted octanol–water partition coefficient (Wildman–Crippen LogP) is 0.100. The fourth-order valence-corrected chi connectivity index (χ4v) is 2.72. The fraction of sp³-hybridized carbons (Fsp3) is 0.286. The van der Waals surface area contributed by atoms with E-state index >= 15 is 0 Å². The highest BCUT2D eigenvalue weighted by molar-refractivity contribution is 7.09. The summed E-state index contributed by atoms with van der Waals surface area (Å²) in [6, 6.07) is 9.32. The molecular weight excluding hydrogens is 310 g/mol. The maximum atomic E-state index is 12.3. The van der Waals surface area contributed by atoms with Crippen molar-refractivity contribution in [1.29, 1.82) is 0 Å². The highest BCUT2D eigenvalue weighted by Gasteiger charge is 2.26. The second-order valence-corrected chi connectivity index (χ2v) is 5.24. The van der Waals surface area contributed by atoms with Gasteiger partial charge < -0.3 is 17.0 Å². The van der Waals surface area contributed by atoms with Crippen LogP contribution in [0.4, 0.5) is 0 Å². The van der Waals surface area contributed by atoms with E-state index in [-0.39, 0.29) is 28.8 Å². The first-order chi connectivity index (χ1) is 8.11. The van der Waals surface area contributed by atoms with Crippen LogP contribution in [-0.2, 0) is 0 Å². The first kappa shape index (κ1) is 15.1. The molecule has 2 aromatic rings. The number of carbonyl (C=O) groups is 1. The molecule has 0 spiro atoms. The highest BCUT2D eigenvalue weighted by Crippen LogP contribution is 2.14. The Morgan fingerprint density at radius 2 is 1.83 bits per heavy atom. The van der Waals surface area contributed by atoms with Crippen LogP contribution < -0.4 is 21.5 Å². The molecule has 0 amide bonds. The minimum absolute atomic E-state index is 0. The molecule has 0 saturated heterocycles. The Labute approximate surface area is 122 Å². The summed E-state index contributed by atoms with van der Waals surface area (Å²) in [7, 11) is 0. The van der Waals surface area contributed by atoms with E-state index < -0.39 is 0 Å². The smallest absolute Gasteiger partial charge is 0.230 e. The van der Waals surface area contributed by atoms with Crippen molar-refractivity contribution in [1.82, 2.24) is 0 Å². The van der Waals surface area contributed by atoms with Crippen molar-refractivity contribution in [3.63, 3.8) is 0 Å². The summed E-state index contributed by atoms with van der Waals surface area (Å²) < 4.78 is 2.05. The van der Waals surface area contributed by atoms with Gasteiger partial charge in [0, 0.05) is 19.4 Å². The molecule has 96 valence electrons. The van der Waals surface area contributed by atoms with Gasteiger partial charge in [-0.3, -0.25) is 4.79 Å². The van der Waals surface area contributed by atoms with Gasteiger partial charge in [0.2, 0.25) is 17.3 Å². The van der Waals surface area contributed by atoms with E-state index in [1.807, 2.05) is 42.8 Å². The van der Waals surface area contributed by atoms with Gasteiger partial charge in [0.25, 0.3) is 0 Å². The summed E-state index contributed by atoms with van der Waals surface area (Å²) in [6.45, 7) is 6.09. The zero-order valence-electron chi connectivity index (χ0n) is 10.7. The molecule has 4 heteroatoms. The number of carbonyl (C=O) groups excluding carboxylic acids is 1. The van der Waals surface area contributed by atoms with E-state index in [4.69, 9.17) is 0 Å². The molecule has 1 atom stereocenters. The fourth-order valence-electron chi connectivity index (χ4n) is 1.83. The van der Waals surface area contributed by atoms with Crippen LogP contribution in [0.3, 0.4) is 0 Å². The van der Waals surface area contributed by atoms with Gasteiger partial charge in [0.15, 0.2) is 5.69 Å². The Bertz CT molecular complexity index is 536. The maximum Gasteiger partial charge on any atom is 0.230 e. The number of Topliss-reactive ketones (excluding diaryl/α,β-unsaturated/α-hetero) is 1. The lowest BCUT2D eigenvalue weighted by atomic mass is 10.1. The van der Waals surface area contributed by atoms with Crippen LogP contribution >= 0.6 is 11.3 Å². The minimum Gasteiger partial charge on any atom is -1.00 e. The van der Waals surface area contributed by atoms with E-state index in [2.05, 4.69) is 18.4 Å². The summed E-state index contributed by atoms with van der Waals surface area (Å²) in [5.41, 5.74) is 3.97. The zero-order valence-corrected chi connectivity index (χ0v) is 13.1. The largest absolute Gasteiger partial charge is 1.00 e. The quantitative estimate of drug-likeness (QED) is 0.579. The number of thiazole rings is 1. The van der Waals surface area contributed by atoms with Crippen LogP contribution in [0.5, 0.6) is 0 Å². The van der Waals surface area contributed by atoms with Crippen molar-refractivity contribution in [3.05, 3.63) is 52.0 Å². The van der Waals surface area contributed by atoms with Gasteiger partial charge in [0.1, 0.15) is 0 Å². The molecule has 0 aliphatic heterocycles. The number of ketones is 1. The SMILES string of the molecule is Cc1sc[n+](C(C)C(=O)c2ccccc2)c1C.[Br-]. The third-order valence-corrected chi connectivity index (χ3v) is 4.08. The number of hydrogen-bond acceptors (Lipinski definition) is 2. The van der Waals surface area contributed by atoms with Crippen LogP contribution in [0.1, 0.15) is 33.9 Å². The molecule has 0 aliphatic carbocycles. The Morgan fingerprint density at radius 3 is 2.33 bits per heavy atom. The van der Waals surface area contributed by atoms with E-state index in [1.54, 1.807) is 11.3 Å². The van der Waals surface area contributed by atoms with Crippen molar-refractivity contribution in [2.24, 2.45) is 0 Å². The topological polar surface area (TPSA) is 20.9 Å². The second-order valence-electron chi connectivity index (χ2n) is 4.18. The number of rotatable bonds is 3. The number of halogens is 1. The average molecular weight is 326 g/mol. The van der Waals surface area contributed by atoms with Crippen LogP contribution in [-0.4, -0.2) is 5.78 Å². The van der Waals surface area contributed by atoms with Gasteiger partial charge in [-0.25, -0.2) is 0 Å². The van der Waals surface area contributed by atoms with Gasteiger partial charge in [-0.2, -0.15) is 4.57 Å². The first-order valence-corrected chi connectivity index (χ1v) is 6.54. The monoisotopic (exact) mass is 325 g/mol. The van der Waals surface area contributed by atoms with E-state index in [0.29, 0.717) is 0 Å². The molecule has 0 saturated carbocycles. The van der Waals surface area contributed by atoms with Gasteiger partial charge in [0.05, 0.1) is 4.88 Å². The molecule has 1 unspecified atom stereocenters. The minimum atomic E-state index is -0.137. The zero-order chi connectivity index (χ0) is 12.4. The predicted molar refractivity (Wildman–Crippen MR) is 69.5 cm³/mol. The summed E-state index contributed by atoms with van der Waals surface area (Å²) in [6.07, 6.45) is 0. The van der Waals surface area contributed by atoms with Gasteiger partial charge >= 0.3 is 0 Å². The van der Waals surface area contributed by atoms with Crippen molar-refractivity contribution in [2.45, 2.75) is 26.8 Å². The molecule has 2 nitrogen and oxygen atoms in total. The van der Waals surface area contributed by atoms with E-state index in [0.717, 1.165) is 5.56 Å². The summed E-state index contributed by atoms with van der Waals surface area (Å²) in [4.78, 5) is 13.6. The lowest BCUT2D eigenvalue weighted by Crippen LogP contribution is -3.00. The molecule has 0 N–H and O–H groups in total. The normalized spacial score (nSPS) is 11.7. The van der Waals surface area contributed by atoms with E-state index in [1.165, 1.54) is 10.6 Å². The van der Waals surface area contributed by atoms with Crippen LogP contribution in [0, 0.1) is 13.8 Å². The summed E-state index contributed by atoms with van der Waals surface area (Å²) in [5, 5.41) is 0. The van der Waals surface area contributed by atoms with Crippen molar-refractivity contribution >= 4 is 17.1 Å². The summed E-state index contributed by atoms with van der Waals surface area (Å²) >= 11 is 1.68. The molecule has 0 fully saturated rings. The van der Waals surface area contributed by atoms with Gasteiger partial charge in [-0.15, -0.1) is 0 Å². The third kappa shape index (κ3) is 2.87. The first-order valence-electron chi connectivity index (χ1n) is 5.66. The third-order valence-electron chi connectivity index (χ3n) is 3.09. The number of benzene rings is 1. The highest BCUT2D eigenvalue weighted by atomic mass is 79.9. The van der Waals surface area contributed by atoms with Crippen molar-refractivity contribution in [2.75, 3.05) is 0 Å². The molecule has 0 bridgehead atoms. The second kappa shape index (κ2) is 6.25. The Kier molecular flexibility index (Phi) is 5.23. The Morgan fingerprint density at radius 1 is 1.22 bits per heavy atom. The van der Waals surface area contributed by atoms with Crippen molar-refractivity contribution in [3.8, 4) is 0 Å². The molecule has 1 aromatic carbocycles. The number of aryl methyl sites for hydroxylation is 1. The standard InChI is InChI=1S/C14H16NOS.BrH/c1-10-12(3)17-9-15(10)11(2)14(16)13-7-5-4-6-8-13;/h4-9,11H,1-3H3;1H/q+1;/p-1. The van der Waals surface area contributed by atoms with Gasteiger partial charge in [-0.1, -0.05) is 41.7 Å².